The number of piperazine rings is 1. The molecule has 0 aliphatic carbocycles. The monoisotopic (exact) mass is 354 g/mol. The van der Waals surface area contributed by atoms with Crippen LogP contribution in [-0.4, -0.2) is 47.1 Å². The Balaban J connectivity index is 1.40. The molecule has 3 aromatic rings. The fourth-order valence-corrected chi connectivity index (χ4v) is 3.65. The molecule has 1 amide bonds. The summed E-state index contributed by atoms with van der Waals surface area (Å²) in [4.78, 5) is 21.7. The number of anilines is 1. The molecule has 1 aromatic carbocycles. The van der Waals surface area contributed by atoms with Crippen LogP contribution in [-0.2, 0) is 0 Å². The first-order valence-corrected chi connectivity index (χ1v) is 9.07. The SMILES string of the molecule is Cc1nc(-c2ccc(N3CCN(C(=O)c4cccs4)CC3)cc2)no1. The zero-order valence-corrected chi connectivity index (χ0v) is 14.7. The molecular weight excluding hydrogens is 336 g/mol. The van der Waals surface area contributed by atoms with E-state index in [0.29, 0.717) is 11.7 Å². The Morgan fingerprint density at radius 2 is 1.88 bits per heavy atom. The van der Waals surface area contributed by atoms with Crippen LogP contribution >= 0.6 is 11.3 Å². The van der Waals surface area contributed by atoms with E-state index in [1.165, 1.54) is 11.3 Å². The Labute approximate surface area is 149 Å². The number of nitrogens with zero attached hydrogens (tertiary/aromatic N) is 4. The number of carbonyl (C=O) groups is 1. The van der Waals surface area contributed by atoms with Crippen molar-refractivity contribution in [3.8, 4) is 11.4 Å². The van der Waals surface area contributed by atoms with Crippen molar-refractivity contribution >= 4 is 22.9 Å². The molecule has 25 heavy (non-hydrogen) atoms. The van der Waals surface area contributed by atoms with Gasteiger partial charge in [-0.25, -0.2) is 0 Å². The molecule has 1 aliphatic heterocycles. The van der Waals surface area contributed by atoms with Gasteiger partial charge >= 0.3 is 0 Å². The van der Waals surface area contributed by atoms with Crippen LogP contribution in [0.5, 0.6) is 0 Å². The second kappa shape index (κ2) is 6.68. The molecule has 6 nitrogen and oxygen atoms in total. The fourth-order valence-electron chi connectivity index (χ4n) is 2.96. The third-order valence-electron chi connectivity index (χ3n) is 4.32. The number of amides is 1. The number of carbonyl (C=O) groups excluding carboxylic acids is 1. The van der Waals surface area contributed by atoms with E-state index in [1.807, 2.05) is 34.5 Å². The highest BCUT2D eigenvalue weighted by Gasteiger charge is 2.22. The Kier molecular flexibility index (Phi) is 4.23. The second-order valence-corrected chi connectivity index (χ2v) is 6.89. The average molecular weight is 354 g/mol. The highest BCUT2D eigenvalue weighted by Crippen LogP contribution is 2.23. The molecule has 0 bridgehead atoms. The summed E-state index contributed by atoms with van der Waals surface area (Å²) < 4.78 is 5.02. The topological polar surface area (TPSA) is 62.5 Å². The quantitative estimate of drug-likeness (QED) is 0.723. The molecule has 0 N–H and O–H groups in total. The standard InChI is InChI=1S/C18H18N4O2S/c1-13-19-17(20-24-13)14-4-6-15(7-5-14)21-8-10-22(11-9-21)18(23)16-3-2-12-25-16/h2-7,12H,8-11H2,1H3. The first-order chi connectivity index (χ1) is 12.2. The van der Waals surface area contributed by atoms with Crippen LogP contribution < -0.4 is 4.90 Å². The lowest BCUT2D eigenvalue weighted by molar-refractivity contribution is 0.0751. The van der Waals surface area contributed by atoms with E-state index in [4.69, 9.17) is 4.52 Å². The molecule has 0 unspecified atom stereocenters. The van der Waals surface area contributed by atoms with Gasteiger partial charge in [-0.2, -0.15) is 4.98 Å². The van der Waals surface area contributed by atoms with Gasteiger partial charge in [0.2, 0.25) is 11.7 Å². The molecule has 4 rings (SSSR count). The predicted octanol–water partition coefficient (Wildman–Crippen LogP) is 3.07. The first kappa shape index (κ1) is 15.8. The Morgan fingerprint density at radius 1 is 1.12 bits per heavy atom. The van der Waals surface area contributed by atoms with Crippen molar-refractivity contribution in [2.75, 3.05) is 31.1 Å². The maximum Gasteiger partial charge on any atom is 0.264 e. The number of hydrogen-bond acceptors (Lipinski definition) is 6. The fraction of sp³-hybridized carbons (Fsp3) is 0.278. The molecule has 0 spiro atoms. The molecule has 0 radical (unpaired) electrons. The van der Waals surface area contributed by atoms with Gasteiger partial charge in [0.15, 0.2) is 0 Å². The Bertz CT molecular complexity index is 850. The zero-order chi connectivity index (χ0) is 17.2. The molecule has 1 saturated heterocycles. The van der Waals surface area contributed by atoms with Crippen LogP contribution in [0, 0.1) is 6.92 Å². The van der Waals surface area contributed by atoms with Crippen molar-refractivity contribution in [1.82, 2.24) is 15.0 Å². The third-order valence-corrected chi connectivity index (χ3v) is 5.17. The number of hydrogen-bond donors (Lipinski definition) is 0. The molecule has 1 fully saturated rings. The van der Waals surface area contributed by atoms with Crippen LogP contribution in [0.25, 0.3) is 11.4 Å². The maximum absolute atomic E-state index is 12.4. The summed E-state index contributed by atoms with van der Waals surface area (Å²) in [6.07, 6.45) is 0. The number of benzene rings is 1. The maximum atomic E-state index is 12.4. The molecule has 0 atom stereocenters. The van der Waals surface area contributed by atoms with Crippen molar-refractivity contribution in [3.63, 3.8) is 0 Å². The molecule has 3 heterocycles. The van der Waals surface area contributed by atoms with Crippen LogP contribution in [0.15, 0.2) is 46.3 Å². The minimum atomic E-state index is 0.137. The van der Waals surface area contributed by atoms with Crippen LogP contribution in [0.2, 0.25) is 0 Å². The van der Waals surface area contributed by atoms with Crippen molar-refractivity contribution in [2.24, 2.45) is 0 Å². The average Bonchev–Trinajstić information content (AvgIpc) is 3.33. The molecular formula is C18H18N4O2S. The van der Waals surface area contributed by atoms with E-state index >= 15 is 0 Å². The lowest BCUT2D eigenvalue weighted by Gasteiger charge is -2.36. The van der Waals surface area contributed by atoms with Gasteiger partial charge in [-0.05, 0) is 35.7 Å². The molecule has 128 valence electrons. The minimum Gasteiger partial charge on any atom is -0.368 e. The number of rotatable bonds is 3. The number of aryl methyl sites for hydroxylation is 1. The Hall–Kier alpha value is -2.67. The van der Waals surface area contributed by atoms with Crippen molar-refractivity contribution in [2.45, 2.75) is 6.92 Å². The molecule has 2 aromatic heterocycles. The highest BCUT2D eigenvalue weighted by molar-refractivity contribution is 7.12. The van der Waals surface area contributed by atoms with Crippen LogP contribution in [0.1, 0.15) is 15.6 Å². The summed E-state index contributed by atoms with van der Waals surface area (Å²) in [5.41, 5.74) is 2.08. The van der Waals surface area contributed by atoms with Gasteiger partial charge in [0, 0.05) is 44.4 Å². The van der Waals surface area contributed by atoms with Gasteiger partial charge in [-0.1, -0.05) is 11.2 Å². The second-order valence-electron chi connectivity index (χ2n) is 5.94. The van der Waals surface area contributed by atoms with E-state index < -0.39 is 0 Å². The van der Waals surface area contributed by atoms with E-state index in [1.54, 1.807) is 6.92 Å². The van der Waals surface area contributed by atoms with Gasteiger partial charge in [-0.15, -0.1) is 11.3 Å². The smallest absolute Gasteiger partial charge is 0.264 e. The summed E-state index contributed by atoms with van der Waals surface area (Å²) in [7, 11) is 0. The largest absolute Gasteiger partial charge is 0.368 e. The first-order valence-electron chi connectivity index (χ1n) is 8.19. The minimum absolute atomic E-state index is 0.137. The van der Waals surface area contributed by atoms with Crippen LogP contribution in [0.4, 0.5) is 5.69 Å². The van der Waals surface area contributed by atoms with Gasteiger partial charge in [0.25, 0.3) is 5.91 Å². The highest BCUT2D eigenvalue weighted by atomic mass is 32.1. The summed E-state index contributed by atoms with van der Waals surface area (Å²) in [5, 5.41) is 5.88. The van der Waals surface area contributed by atoms with E-state index in [9.17, 15) is 4.79 Å². The van der Waals surface area contributed by atoms with E-state index in [0.717, 1.165) is 42.3 Å². The van der Waals surface area contributed by atoms with E-state index in [2.05, 4.69) is 27.2 Å². The number of aromatic nitrogens is 2. The summed E-state index contributed by atoms with van der Waals surface area (Å²) in [6.45, 7) is 4.92. The third kappa shape index (κ3) is 3.28. The van der Waals surface area contributed by atoms with Crippen molar-refractivity contribution < 1.29 is 9.32 Å². The summed E-state index contributed by atoms with van der Waals surface area (Å²) in [6, 6.07) is 11.9. The lowest BCUT2D eigenvalue weighted by Crippen LogP contribution is -2.48. The van der Waals surface area contributed by atoms with E-state index in [-0.39, 0.29) is 5.91 Å². The number of thiophene rings is 1. The van der Waals surface area contributed by atoms with Crippen LogP contribution in [0.3, 0.4) is 0 Å². The van der Waals surface area contributed by atoms with Gasteiger partial charge in [-0.3, -0.25) is 4.79 Å². The zero-order valence-electron chi connectivity index (χ0n) is 13.9. The van der Waals surface area contributed by atoms with Crippen molar-refractivity contribution in [1.29, 1.82) is 0 Å². The molecule has 1 aliphatic rings. The normalized spacial score (nSPS) is 14.8. The molecule has 0 saturated carbocycles. The van der Waals surface area contributed by atoms with Gasteiger partial charge in [0.1, 0.15) is 0 Å². The predicted molar refractivity (Wildman–Crippen MR) is 96.9 cm³/mol. The van der Waals surface area contributed by atoms with Crippen molar-refractivity contribution in [3.05, 3.63) is 52.5 Å². The summed E-state index contributed by atoms with van der Waals surface area (Å²) >= 11 is 1.50. The van der Waals surface area contributed by atoms with Gasteiger partial charge < -0.3 is 14.3 Å². The Morgan fingerprint density at radius 3 is 2.48 bits per heavy atom. The molecule has 7 heteroatoms. The lowest BCUT2D eigenvalue weighted by atomic mass is 10.1. The summed E-state index contributed by atoms with van der Waals surface area (Å²) in [5.74, 6) is 1.30. The van der Waals surface area contributed by atoms with Gasteiger partial charge in [0.05, 0.1) is 4.88 Å².